The van der Waals surface area contributed by atoms with Crippen molar-refractivity contribution >= 4 is 46.3 Å². The number of hydrogen-bond acceptors (Lipinski definition) is 5. The van der Waals surface area contributed by atoms with Gasteiger partial charge in [-0.3, -0.25) is 19.5 Å². The maximum atomic E-state index is 13.0. The van der Waals surface area contributed by atoms with E-state index in [2.05, 4.69) is 9.72 Å². The molecule has 1 aromatic heterocycles. The van der Waals surface area contributed by atoms with Gasteiger partial charge in [0.1, 0.15) is 17.6 Å². The number of anilines is 1. The lowest BCUT2D eigenvalue weighted by molar-refractivity contribution is -0.274. The van der Waals surface area contributed by atoms with Crippen LogP contribution < -0.4 is 9.64 Å². The number of rotatable bonds is 4. The maximum Gasteiger partial charge on any atom is 0.573 e. The Hall–Kier alpha value is -3.56. The Bertz CT molecular complexity index is 1310. The van der Waals surface area contributed by atoms with Crippen LogP contribution in [0, 0.1) is 0 Å². The van der Waals surface area contributed by atoms with Crippen molar-refractivity contribution in [2.45, 2.75) is 12.4 Å². The molecule has 2 heterocycles. The summed E-state index contributed by atoms with van der Waals surface area (Å²) in [5, 5.41) is 11.3. The molecular formula is C23H13Cl2F3N2O4. The molecule has 11 heteroatoms. The second-order valence-corrected chi connectivity index (χ2v) is 7.91. The zero-order chi connectivity index (χ0) is 24.6. The summed E-state index contributed by atoms with van der Waals surface area (Å²) in [6.07, 6.45) is -3.54. The number of carbonyl (C=O) groups excluding carboxylic acids is 2. The van der Waals surface area contributed by atoms with E-state index in [4.69, 9.17) is 23.2 Å². The first-order valence-corrected chi connectivity index (χ1v) is 10.4. The summed E-state index contributed by atoms with van der Waals surface area (Å²) in [5.41, 5.74) is -0.0649. The predicted molar refractivity (Wildman–Crippen MR) is 119 cm³/mol. The largest absolute Gasteiger partial charge is 0.573 e. The molecule has 0 spiro atoms. The summed E-state index contributed by atoms with van der Waals surface area (Å²) < 4.78 is 42.1. The third-order valence-electron chi connectivity index (χ3n) is 4.93. The van der Waals surface area contributed by atoms with Crippen molar-refractivity contribution in [1.82, 2.24) is 4.98 Å². The molecule has 4 rings (SSSR count). The highest BCUT2D eigenvalue weighted by Crippen LogP contribution is 2.42. The Labute approximate surface area is 200 Å². The number of aliphatic hydroxyl groups is 1. The Morgan fingerprint density at radius 1 is 1.00 bits per heavy atom. The molecule has 6 nitrogen and oxygen atoms in total. The summed E-state index contributed by atoms with van der Waals surface area (Å²) in [7, 11) is 0. The number of ether oxygens (including phenoxy) is 1. The zero-order valence-corrected chi connectivity index (χ0v) is 18.4. The number of ketones is 1. The molecule has 1 aliphatic heterocycles. The van der Waals surface area contributed by atoms with Gasteiger partial charge < -0.3 is 9.84 Å². The lowest BCUT2D eigenvalue weighted by Gasteiger charge is -2.25. The summed E-state index contributed by atoms with van der Waals surface area (Å²) in [5.74, 6) is -3.25. The van der Waals surface area contributed by atoms with E-state index < -0.39 is 35.6 Å². The van der Waals surface area contributed by atoms with Gasteiger partial charge in [-0.15, -0.1) is 13.2 Å². The van der Waals surface area contributed by atoms with Crippen molar-refractivity contribution in [1.29, 1.82) is 0 Å². The molecule has 1 unspecified atom stereocenters. The van der Waals surface area contributed by atoms with Gasteiger partial charge in [0.25, 0.3) is 11.7 Å². The number of Topliss-reactive ketones (excluding diaryl/α,β-unsaturated/α-hetero) is 1. The fraction of sp³-hybridized carbons (Fsp3) is 0.0870. The molecule has 1 aliphatic rings. The molecule has 1 amide bonds. The van der Waals surface area contributed by atoms with Gasteiger partial charge in [0.15, 0.2) is 0 Å². The molecule has 0 aliphatic carbocycles. The summed E-state index contributed by atoms with van der Waals surface area (Å²) in [6, 6.07) is 12.2. The first kappa shape index (κ1) is 23.6. The van der Waals surface area contributed by atoms with Crippen molar-refractivity contribution in [3.63, 3.8) is 0 Å². The van der Waals surface area contributed by atoms with Crippen LogP contribution in [-0.4, -0.2) is 28.1 Å². The van der Waals surface area contributed by atoms with Gasteiger partial charge >= 0.3 is 6.36 Å². The number of benzene rings is 2. The number of alkyl halides is 3. The third-order valence-corrected chi connectivity index (χ3v) is 5.67. The van der Waals surface area contributed by atoms with Gasteiger partial charge in [-0.25, -0.2) is 0 Å². The third kappa shape index (κ3) is 4.57. The standard InChI is InChI=1S/C23H13Cl2F3N2O4/c24-15-8-7-12(10-16(15)25)20(31)18-19(17-6-1-2-9-29-17)30(22(33)21(18)32)13-4-3-5-14(11-13)34-23(26,27)28/h1-11,19,31H/b20-18+. The molecule has 1 saturated heterocycles. The molecule has 0 bridgehead atoms. The van der Waals surface area contributed by atoms with Crippen LogP contribution in [0.5, 0.6) is 5.75 Å². The highest BCUT2D eigenvalue weighted by atomic mass is 35.5. The van der Waals surface area contributed by atoms with E-state index in [1.165, 1.54) is 42.6 Å². The van der Waals surface area contributed by atoms with Crippen molar-refractivity contribution in [2.75, 3.05) is 4.90 Å². The zero-order valence-electron chi connectivity index (χ0n) is 16.9. The predicted octanol–water partition coefficient (Wildman–Crippen LogP) is 5.91. The van der Waals surface area contributed by atoms with Crippen LogP contribution in [0.2, 0.25) is 10.0 Å². The van der Waals surface area contributed by atoms with Crippen molar-refractivity contribution in [2.24, 2.45) is 0 Å². The van der Waals surface area contributed by atoms with Crippen LogP contribution in [0.1, 0.15) is 17.3 Å². The fourth-order valence-corrected chi connectivity index (χ4v) is 3.84. The Morgan fingerprint density at radius 3 is 2.41 bits per heavy atom. The van der Waals surface area contributed by atoms with Crippen molar-refractivity contribution in [3.8, 4) is 5.75 Å². The first-order valence-electron chi connectivity index (χ1n) is 9.60. The average molecular weight is 509 g/mol. The molecule has 0 radical (unpaired) electrons. The Kier molecular flexibility index (Phi) is 6.24. The minimum absolute atomic E-state index is 0.0623. The van der Waals surface area contributed by atoms with Crippen molar-refractivity contribution < 1.29 is 32.6 Å². The van der Waals surface area contributed by atoms with E-state index in [-0.39, 0.29) is 32.6 Å². The average Bonchev–Trinajstić information content (AvgIpc) is 3.05. The normalized spacial score (nSPS) is 17.8. The number of halogens is 5. The second kappa shape index (κ2) is 9.00. The number of nitrogens with zero attached hydrogens (tertiary/aromatic N) is 2. The van der Waals surface area contributed by atoms with Crippen LogP contribution in [-0.2, 0) is 9.59 Å². The van der Waals surface area contributed by atoms with E-state index in [1.807, 2.05) is 0 Å². The minimum Gasteiger partial charge on any atom is -0.507 e. The van der Waals surface area contributed by atoms with E-state index in [0.717, 1.165) is 17.0 Å². The summed E-state index contributed by atoms with van der Waals surface area (Å²) in [6.45, 7) is 0. The van der Waals surface area contributed by atoms with E-state index in [0.29, 0.717) is 0 Å². The van der Waals surface area contributed by atoms with Crippen LogP contribution >= 0.6 is 23.2 Å². The van der Waals surface area contributed by atoms with Crippen molar-refractivity contribution in [3.05, 3.63) is 93.7 Å². The first-order chi connectivity index (χ1) is 16.1. The van der Waals surface area contributed by atoms with Crippen LogP contribution in [0.4, 0.5) is 18.9 Å². The number of amides is 1. The quantitative estimate of drug-likeness (QED) is 0.269. The molecule has 1 N–H and O–H groups in total. The van der Waals surface area contributed by atoms with E-state index in [1.54, 1.807) is 12.1 Å². The monoisotopic (exact) mass is 508 g/mol. The van der Waals surface area contributed by atoms with Gasteiger partial charge in [0.05, 0.1) is 21.3 Å². The van der Waals surface area contributed by atoms with Gasteiger partial charge in [-0.05, 0) is 42.5 Å². The van der Waals surface area contributed by atoms with Gasteiger partial charge in [-0.2, -0.15) is 0 Å². The fourth-order valence-electron chi connectivity index (χ4n) is 3.55. The molecular weight excluding hydrogens is 496 g/mol. The maximum absolute atomic E-state index is 13.0. The number of pyridine rings is 1. The van der Waals surface area contributed by atoms with Gasteiger partial charge in [-0.1, -0.05) is 35.3 Å². The Morgan fingerprint density at radius 2 is 1.76 bits per heavy atom. The Balaban J connectivity index is 1.90. The summed E-state index contributed by atoms with van der Waals surface area (Å²) in [4.78, 5) is 31.2. The molecule has 1 fully saturated rings. The topological polar surface area (TPSA) is 79.7 Å². The SMILES string of the molecule is O=C1C(=O)N(c2cccc(OC(F)(F)F)c2)C(c2ccccn2)/C1=C(\O)c1ccc(Cl)c(Cl)c1. The van der Waals surface area contributed by atoms with Gasteiger partial charge in [0, 0.05) is 23.5 Å². The van der Waals surface area contributed by atoms with E-state index >= 15 is 0 Å². The van der Waals surface area contributed by atoms with E-state index in [9.17, 15) is 27.9 Å². The molecule has 0 saturated carbocycles. The van der Waals surface area contributed by atoms with Crippen LogP contribution in [0.15, 0.2) is 72.4 Å². The van der Waals surface area contributed by atoms with Crippen LogP contribution in [0.25, 0.3) is 5.76 Å². The molecule has 1 atom stereocenters. The highest BCUT2D eigenvalue weighted by molar-refractivity contribution is 6.51. The minimum atomic E-state index is -4.96. The molecule has 2 aromatic carbocycles. The molecule has 174 valence electrons. The molecule has 3 aromatic rings. The number of aromatic nitrogens is 1. The van der Waals surface area contributed by atoms with Crippen LogP contribution in [0.3, 0.4) is 0 Å². The second-order valence-electron chi connectivity index (χ2n) is 7.10. The smallest absolute Gasteiger partial charge is 0.507 e. The number of aliphatic hydroxyl groups excluding tert-OH is 1. The number of hydrogen-bond donors (Lipinski definition) is 1. The molecule has 34 heavy (non-hydrogen) atoms. The lowest BCUT2D eigenvalue weighted by Crippen LogP contribution is -2.30. The summed E-state index contributed by atoms with van der Waals surface area (Å²) >= 11 is 12.0. The lowest BCUT2D eigenvalue weighted by atomic mass is 9.98. The number of carbonyl (C=O) groups is 2. The highest BCUT2D eigenvalue weighted by Gasteiger charge is 2.47. The van der Waals surface area contributed by atoms with Gasteiger partial charge in [0.2, 0.25) is 0 Å².